The maximum atomic E-state index is 7.86. The number of benzene rings is 1. The monoisotopic (exact) mass is 281 g/mol. The maximum Gasteiger partial charge on any atom is 0.172 e. The molecule has 0 saturated heterocycles. The van der Waals surface area contributed by atoms with E-state index in [2.05, 4.69) is 22.1 Å². The normalized spacial score (nSPS) is 12.9. The Morgan fingerprint density at radius 2 is 1.86 bits per heavy atom. The summed E-state index contributed by atoms with van der Waals surface area (Å²) < 4.78 is 0. The molecule has 0 radical (unpaired) electrons. The van der Waals surface area contributed by atoms with Crippen LogP contribution >= 0.6 is 0 Å². The third kappa shape index (κ3) is 4.50. The van der Waals surface area contributed by atoms with Crippen LogP contribution in [0.4, 0.5) is 0 Å². The van der Waals surface area contributed by atoms with Gasteiger partial charge < -0.3 is 11.5 Å². The van der Waals surface area contributed by atoms with Crippen molar-refractivity contribution in [2.24, 2.45) is 16.5 Å². The largest absolute Gasteiger partial charge is 0.386 e. The fraction of sp³-hybridized carbons (Fsp3) is 0.188. The van der Waals surface area contributed by atoms with Gasteiger partial charge in [0.15, 0.2) is 5.84 Å². The molecule has 108 valence electrons. The highest BCUT2D eigenvalue weighted by Crippen LogP contribution is 2.05. The molecule has 1 unspecified atom stereocenters. The Morgan fingerprint density at radius 1 is 1.14 bits per heavy atom. The van der Waals surface area contributed by atoms with Gasteiger partial charge in [-0.2, -0.15) is 0 Å². The Hall–Kier alpha value is -2.53. The lowest BCUT2D eigenvalue weighted by Crippen LogP contribution is -2.37. The van der Waals surface area contributed by atoms with Gasteiger partial charge in [0.1, 0.15) is 11.5 Å². The lowest BCUT2D eigenvalue weighted by molar-refractivity contribution is 0.745. The van der Waals surface area contributed by atoms with E-state index in [0.29, 0.717) is 12.1 Å². The molecule has 0 aliphatic carbocycles. The number of nitrogens with one attached hydrogen (secondary N) is 1. The predicted molar refractivity (Wildman–Crippen MR) is 85.4 cm³/mol. The van der Waals surface area contributed by atoms with Crippen LogP contribution in [0, 0.1) is 5.41 Å². The number of hydrogen-bond acceptors (Lipinski definition) is 3. The van der Waals surface area contributed by atoms with Crippen molar-refractivity contribution in [1.29, 1.82) is 5.41 Å². The van der Waals surface area contributed by atoms with Crippen molar-refractivity contribution in [1.82, 2.24) is 4.98 Å². The summed E-state index contributed by atoms with van der Waals surface area (Å²) >= 11 is 0. The number of pyridine rings is 1. The average molecular weight is 281 g/mol. The van der Waals surface area contributed by atoms with Crippen molar-refractivity contribution in [2.75, 3.05) is 0 Å². The summed E-state index contributed by atoms with van der Waals surface area (Å²) in [4.78, 5) is 8.11. The van der Waals surface area contributed by atoms with Gasteiger partial charge in [0.05, 0.1) is 6.04 Å². The number of hydrogen-bond donors (Lipinski definition) is 3. The minimum absolute atomic E-state index is 0.0308. The lowest BCUT2D eigenvalue weighted by Gasteiger charge is -2.11. The van der Waals surface area contributed by atoms with Gasteiger partial charge in [0, 0.05) is 6.20 Å². The highest BCUT2D eigenvalue weighted by atomic mass is 15.0. The Bertz CT molecular complexity index is 607. The van der Waals surface area contributed by atoms with Gasteiger partial charge in [-0.1, -0.05) is 36.4 Å². The van der Waals surface area contributed by atoms with E-state index in [1.165, 1.54) is 5.56 Å². The van der Waals surface area contributed by atoms with Crippen molar-refractivity contribution in [2.45, 2.75) is 18.9 Å². The molecule has 1 aromatic heterocycles. The molecule has 0 aliphatic rings. The summed E-state index contributed by atoms with van der Waals surface area (Å²) in [5.41, 5.74) is 13.6. The van der Waals surface area contributed by atoms with E-state index in [1.807, 2.05) is 18.2 Å². The molecule has 5 nitrogen and oxygen atoms in total. The fourth-order valence-electron chi connectivity index (χ4n) is 1.89. The molecule has 5 N–H and O–H groups in total. The van der Waals surface area contributed by atoms with Crippen LogP contribution in [-0.2, 0) is 6.42 Å². The number of nitrogens with zero attached hydrogens (tertiary/aromatic N) is 2. The van der Waals surface area contributed by atoms with Crippen molar-refractivity contribution in [3.8, 4) is 0 Å². The van der Waals surface area contributed by atoms with E-state index in [0.717, 1.165) is 6.42 Å². The zero-order chi connectivity index (χ0) is 15.1. The predicted octanol–water partition coefficient (Wildman–Crippen LogP) is 1.72. The Morgan fingerprint density at radius 3 is 2.52 bits per heavy atom. The highest BCUT2D eigenvalue weighted by molar-refractivity contribution is 6.04. The van der Waals surface area contributed by atoms with Crippen LogP contribution in [0.5, 0.6) is 0 Å². The van der Waals surface area contributed by atoms with Gasteiger partial charge in [-0.3, -0.25) is 10.4 Å². The van der Waals surface area contributed by atoms with Crippen LogP contribution in [0.2, 0.25) is 0 Å². The van der Waals surface area contributed by atoms with E-state index in [9.17, 15) is 0 Å². The first kappa shape index (κ1) is 14.9. The van der Waals surface area contributed by atoms with Crippen molar-refractivity contribution in [3.63, 3.8) is 0 Å². The van der Waals surface area contributed by atoms with Crippen LogP contribution in [0.3, 0.4) is 0 Å². The number of aryl methyl sites for hydroxylation is 1. The van der Waals surface area contributed by atoms with Crippen LogP contribution in [0.1, 0.15) is 17.7 Å². The van der Waals surface area contributed by atoms with E-state index in [1.54, 1.807) is 24.4 Å². The van der Waals surface area contributed by atoms with Gasteiger partial charge in [-0.05, 0) is 30.5 Å². The standard InChI is InChI=1S/C16H19N5/c17-13(10-9-12-6-2-1-3-7-12)15(18)21-16(19)14-8-4-5-11-20-14/h1-8,11,13H,9-10,17H2,(H3,18,19,21). The van der Waals surface area contributed by atoms with E-state index in [-0.39, 0.29) is 17.7 Å². The van der Waals surface area contributed by atoms with E-state index < -0.39 is 0 Å². The number of nitrogens with two attached hydrogens (primary N) is 2. The molecule has 21 heavy (non-hydrogen) atoms. The topological polar surface area (TPSA) is 101 Å². The molecule has 0 aliphatic heterocycles. The van der Waals surface area contributed by atoms with Crippen LogP contribution in [0.15, 0.2) is 59.7 Å². The fourth-order valence-corrected chi connectivity index (χ4v) is 1.89. The molecular formula is C16H19N5. The first-order valence-electron chi connectivity index (χ1n) is 6.80. The first-order chi connectivity index (χ1) is 10.2. The number of aliphatic imine (C=N–C) groups is 1. The quantitative estimate of drug-likeness (QED) is 0.574. The third-order valence-electron chi connectivity index (χ3n) is 3.12. The van der Waals surface area contributed by atoms with E-state index in [4.69, 9.17) is 16.9 Å². The second kappa shape index (κ2) is 7.31. The van der Waals surface area contributed by atoms with E-state index >= 15 is 0 Å². The van der Waals surface area contributed by atoms with Crippen molar-refractivity contribution in [3.05, 3.63) is 66.0 Å². The Labute approximate surface area is 124 Å². The number of aromatic nitrogens is 1. The summed E-state index contributed by atoms with van der Waals surface area (Å²) in [6.07, 6.45) is 3.13. The molecule has 2 rings (SSSR count). The number of rotatable bonds is 5. The summed E-state index contributed by atoms with van der Waals surface area (Å²) in [5.74, 6) is 0.296. The van der Waals surface area contributed by atoms with Crippen LogP contribution < -0.4 is 11.5 Å². The van der Waals surface area contributed by atoms with Gasteiger partial charge in [0.2, 0.25) is 0 Å². The Kier molecular flexibility index (Phi) is 5.17. The molecule has 5 heteroatoms. The zero-order valence-corrected chi connectivity index (χ0v) is 11.7. The molecule has 0 fully saturated rings. The third-order valence-corrected chi connectivity index (χ3v) is 3.12. The molecule has 0 amide bonds. The smallest absolute Gasteiger partial charge is 0.172 e. The van der Waals surface area contributed by atoms with Crippen LogP contribution in [0.25, 0.3) is 0 Å². The zero-order valence-electron chi connectivity index (χ0n) is 11.7. The first-order valence-corrected chi connectivity index (χ1v) is 6.80. The molecule has 0 spiro atoms. The maximum absolute atomic E-state index is 7.86. The average Bonchev–Trinajstić information content (AvgIpc) is 2.54. The minimum Gasteiger partial charge on any atom is -0.386 e. The molecule has 1 atom stereocenters. The summed E-state index contributed by atoms with van der Waals surface area (Å²) in [6, 6.07) is 15.0. The van der Waals surface area contributed by atoms with Crippen molar-refractivity contribution < 1.29 is 0 Å². The lowest BCUT2D eigenvalue weighted by atomic mass is 10.1. The van der Waals surface area contributed by atoms with Gasteiger partial charge in [-0.15, -0.1) is 0 Å². The second-order valence-corrected chi connectivity index (χ2v) is 4.73. The molecule has 0 bridgehead atoms. The number of amidine groups is 2. The molecule has 1 heterocycles. The summed E-state index contributed by atoms with van der Waals surface area (Å²) in [5, 5.41) is 7.86. The van der Waals surface area contributed by atoms with Crippen molar-refractivity contribution >= 4 is 11.7 Å². The van der Waals surface area contributed by atoms with Gasteiger partial charge in [-0.25, -0.2) is 4.99 Å². The summed E-state index contributed by atoms with van der Waals surface area (Å²) in [6.45, 7) is 0. The summed E-state index contributed by atoms with van der Waals surface area (Å²) in [7, 11) is 0. The Balaban J connectivity index is 1.94. The van der Waals surface area contributed by atoms with Gasteiger partial charge >= 0.3 is 0 Å². The molecular weight excluding hydrogens is 262 g/mol. The minimum atomic E-state index is -0.366. The highest BCUT2D eigenvalue weighted by Gasteiger charge is 2.10. The van der Waals surface area contributed by atoms with Crippen LogP contribution in [-0.4, -0.2) is 22.7 Å². The second-order valence-electron chi connectivity index (χ2n) is 4.73. The molecule has 2 aromatic rings. The van der Waals surface area contributed by atoms with Gasteiger partial charge in [0.25, 0.3) is 0 Å². The SMILES string of the molecule is N=C(N=C(N)C(N)CCc1ccccc1)c1ccccn1. The molecule has 0 saturated carbocycles. The molecule has 1 aromatic carbocycles.